The first-order valence-corrected chi connectivity index (χ1v) is 4.77. The van der Waals surface area contributed by atoms with Crippen LogP contribution in [0.3, 0.4) is 0 Å². The number of nitrogens with zero attached hydrogens (tertiary/aromatic N) is 1. The Morgan fingerprint density at radius 1 is 1.50 bits per heavy atom. The van der Waals surface area contributed by atoms with Crippen LogP contribution >= 0.6 is 11.6 Å². The summed E-state index contributed by atoms with van der Waals surface area (Å²) >= 11 is 5.70. The van der Waals surface area contributed by atoms with Crippen molar-refractivity contribution < 1.29 is 13.7 Å². The van der Waals surface area contributed by atoms with E-state index in [1.54, 1.807) is 0 Å². The molecule has 0 saturated heterocycles. The number of hydrogen-bond acceptors (Lipinski definition) is 3. The summed E-state index contributed by atoms with van der Waals surface area (Å²) in [7, 11) is 0. The normalized spacial score (nSPS) is 12.8. The van der Waals surface area contributed by atoms with Crippen molar-refractivity contribution in [2.24, 2.45) is 5.73 Å². The largest absolute Gasteiger partial charge is 0.330 e. The quantitative estimate of drug-likeness (QED) is 0.659. The SMILES string of the molecule is NCC(c1c(Cl)cccc1[N+](=O)[O-])C(F)F. The third kappa shape index (κ3) is 2.45. The van der Waals surface area contributed by atoms with Crippen LogP contribution < -0.4 is 5.73 Å². The lowest BCUT2D eigenvalue weighted by atomic mass is 9.98. The number of rotatable bonds is 4. The first-order chi connectivity index (χ1) is 7.49. The lowest BCUT2D eigenvalue weighted by molar-refractivity contribution is -0.385. The number of benzene rings is 1. The number of halogens is 3. The van der Waals surface area contributed by atoms with Crippen molar-refractivity contribution in [1.29, 1.82) is 0 Å². The molecule has 1 rings (SSSR count). The Morgan fingerprint density at radius 2 is 2.12 bits per heavy atom. The van der Waals surface area contributed by atoms with Gasteiger partial charge in [-0.05, 0) is 6.07 Å². The van der Waals surface area contributed by atoms with Gasteiger partial charge >= 0.3 is 0 Å². The number of alkyl halides is 2. The van der Waals surface area contributed by atoms with Crippen LogP contribution in [0.1, 0.15) is 11.5 Å². The molecule has 0 aliphatic rings. The standard InChI is InChI=1S/C9H9ClF2N2O2/c10-6-2-1-3-7(14(15)16)8(6)5(4-13)9(11)12/h1-3,5,9H,4,13H2. The fourth-order valence-corrected chi connectivity index (χ4v) is 1.71. The summed E-state index contributed by atoms with van der Waals surface area (Å²) < 4.78 is 25.3. The molecular weight excluding hydrogens is 242 g/mol. The van der Waals surface area contributed by atoms with Crippen molar-refractivity contribution in [3.05, 3.63) is 38.9 Å². The van der Waals surface area contributed by atoms with Crippen LogP contribution in [0.25, 0.3) is 0 Å². The molecule has 1 aromatic rings. The van der Waals surface area contributed by atoms with Crippen LogP contribution in [0, 0.1) is 10.1 Å². The predicted molar refractivity (Wildman–Crippen MR) is 55.9 cm³/mol. The zero-order valence-electron chi connectivity index (χ0n) is 8.07. The number of nitro benzene ring substituents is 1. The molecule has 0 saturated carbocycles. The van der Waals surface area contributed by atoms with Gasteiger partial charge in [-0.1, -0.05) is 17.7 Å². The fourth-order valence-electron chi connectivity index (χ4n) is 1.40. The predicted octanol–water partition coefficient (Wildman–Crippen LogP) is 2.56. The summed E-state index contributed by atoms with van der Waals surface area (Å²) in [5.41, 5.74) is 4.55. The topological polar surface area (TPSA) is 69.2 Å². The summed E-state index contributed by atoms with van der Waals surface area (Å²) in [6.07, 6.45) is -2.79. The third-order valence-electron chi connectivity index (χ3n) is 2.16. The highest BCUT2D eigenvalue weighted by Crippen LogP contribution is 2.35. The van der Waals surface area contributed by atoms with E-state index in [-0.39, 0.29) is 10.6 Å². The smallest absolute Gasteiger partial charge is 0.274 e. The van der Waals surface area contributed by atoms with Crippen molar-refractivity contribution in [1.82, 2.24) is 0 Å². The third-order valence-corrected chi connectivity index (χ3v) is 2.49. The van der Waals surface area contributed by atoms with Crippen LogP contribution in [0.2, 0.25) is 5.02 Å². The number of nitrogens with two attached hydrogens (primary N) is 1. The van der Waals surface area contributed by atoms with E-state index in [1.165, 1.54) is 12.1 Å². The zero-order valence-corrected chi connectivity index (χ0v) is 8.82. The van der Waals surface area contributed by atoms with Crippen molar-refractivity contribution in [3.63, 3.8) is 0 Å². The molecule has 0 bridgehead atoms. The van der Waals surface area contributed by atoms with E-state index in [1.807, 2.05) is 0 Å². The lowest BCUT2D eigenvalue weighted by Gasteiger charge is -2.15. The van der Waals surface area contributed by atoms with Crippen molar-refractivity contribution in [2.75, 3.05) is 6.54 Å². The first-order valence-electron chi connectivity index (χ1n) is 4.40. The summed E-state index contributed by atoms with van der Waals surface area (Å²) in [6, 6.07) is 3.80. The van der Waals surface area contributed by atoms with E-state index in [2.05, 4.69) is 0 Å². The second-order valence-electron chi connectivity index (χ2n) is 3.11. The van der Waals surface area contributed by atoms with E-state index < -0.39 is 29.5 Å². The van der Waals surface area contributed by atoms with Gasteiger partial charge in [0.05, 0.1) is 21.4 Å². The molecule has 1 aromatic carbocycles. The Morgan fingerprint density at radius 3 is 2.56 bits per heavy atom. The van der Waals surface area contributed by atoms with Crippen LogP contribution in [-0.4, -0.2) is 17.9 Å². The van der Waals surface area contributed by atoms with Gasteiger partial charge in [0.15, 0.2) is 0 Å². The van der Waals surface area contributed by atoms with Gasteiger partial charge in [0.1, 0.15) is 0 Å². The molecule has 0 amide bonds. The van der Waals surface area contributed by atoms with Gasteiger partial charge in [0.25, 0.3) is 5.69 Å². The molecule has 0 aliphatic heterocycles. The van der Waals surface area contributed by atoms with Gasteiger partial charge in [0.2, 0.25) is 6.43 Å². The molecule has 0 radical (unpaired) electrons. The molecule has 16 heavy (non-hydrogen) atoms. The summed E-state index contributed by atoms with van der Waals surface area (Å²) in [4.78, 5) is 9.93. The van der Waals surface area contributed by atoms with Gasteiger partial charge in [-0.2, -0.15) is 0 Å². The molecule has 0 aromatic heterocycles. The molecule has 0 heterocycles. The Bertz CT molecular complexity index is 401. The molecular formula is C9H9ClF2N2O2. The Balaban J connectivity index is 3.34. The maximum Gasteiger partial charge on any atom is 0.274 e. The van der Waals surface area contributed by atoms with Gasteiger partial charge in [-0.15, -0.1) is 0 Å². The van der Waals surface area contributed by atoms with Crippen LogP contribution in [0.5, 0.6) is 0 Å². The lowest BCUT2D eigenvalue weighted by Crippen LogP contribution is -2.21. The number of hydrogen-bond donors (Lipinski definition) is 1. The van der Waals surface area contributed by atoms with Crippen LogP contribution in [-0.2, 0) is 0 Å². The molecule has 2 N–H and O–H groups in total. The monoisotopic (exact) mass is 250 g/mol. The molecule has 0 aliphatic carbocycles. The summed E-state index contributed by atoms with van der Waals surface area (Å²) in [6.45, 7) is -0.401. The highest BCUT2D eigenvalue weighted by atomic mass is 35.5. The molecule has 1 unspecified atom stereocenters. The maximum absolute atomic E-state index is 12.6. The Hall–Kier alpha value is -1.27. The molecule has 0 spiro atoms. The summed E-state index contributed by atoms with van der Waals surface area (Å²) in [5.74, 6) is -1.42. The van der Waals surface area contributed by atoms with Crippen molar-refractivity contribution in [3.8, 4) is 0 Å². The molecule has 7 heteroatoms. The molecule has 4 nitrogen and oxygen atoms in total. The second-order valence-corrected chi connectivity index (χ2v) is 3.51. The van der Waals surface area contributed by atoms with Crippen molar-refractivity contribution in [2.45, 2.75) is 12.3 Å². The van der Waals surface area contributed by atoms with E-state index >= 15 is 0 Å². The van der Waals surface area contributed by atoms with Crippen LogP contribution in [0.4, 0.5) is 14.5 Å². The van der Waals surface area contributed by atoms with E-state index in [9.17, 15) is 18.9 Å². The van der Waals surface area contributed by atoms with Gasteiger partial charge < -0.3 is 5.73 Å². The van der Waals surface area contributed by atoms with Crippen LogP contribution in [0.15, 0.2) is 18.2 Å². The summed E-state index contributed by atoms with van der Waals surface area (Å²) in [5, 5.41) is 10.6. The van der Waals surface area contributed by atoms with Gasteiger partial charge in [0, 0.05) is 12.6 Å². The Kier molecular flexibility index (Phi) is 4.14. The van der Waals surface area contributed by atoms with E-state index in [4.69, 9.17) is 17.3 Å². The number of nitro groups is 1. The van der Waals surface area contributed by atoms with Crippen molar-refractivity contribution >= 4 is 17.3 Å². The van der Waals surface area contributed by atoms with Gasteiger partial charge in [-0.3, -0.25) is 10.1 Å². The minimum absolute atomic E-state index is 0.0649. The Labute approximate surface area is 95.2 Å². The van der Waals surface area contributed by atoms with E-state index in [0.717, 1.165) is 6.07 Å². The van der Waals surface area contributed by atoms with Gasteiger partial charge in [-0.25, -0.2) is 8.78 Å². The molecule has 88 valence electrons. The first kappa shape index (κ1) is 12.8. The average Bonchev–Trinajstić information content (AvgIpc) is 2.20. The second kappa shape index (κ2) is 5.18. The minimum Gasteiger partial charge on any atom is -0.330 e. The molecule has 1 atom stereocenters. The fraction of sp³-hybridized carbons (Fsp3) is 0.333. The molecule has 0 fully saturated rings. The average molecular weight is 251 g/mol. The highest BCUT2D eigenvalue weighted by Gasteiger charge is 2.30. The van der Waals surface area contributed by atoms with E-state index in [0.29, 0.717) is 0 Å². The highest BCUT2D eigenvalue weighted by molar-refractivity contribution is 6.31. The maximum atomic E-state index is 12.6. The minimum atomic E-state index is -2.79. The zero-order chi connectivity index (χ0) is 12.3.